The van der Waals surface area contributed by atoms with Gasteiger partial charge in [0.15, 0.2) is 6.10 Å². The van der Waals surface area contributed by atoms with Crippen LogP contribution in [-0.4, -0.2) is 28.4 Å². The fourth-order valence-electron chi connectivity index (χ4n) is 2.17. The number of aromatic hydroxyl groups is 1. The zero-order chi connectivity index (χ0) is 17.8. The first-order valence-electron chi connectivity index (χ1n) is 7.55. The van der Waals surface area contributed by atoms with E-state index in [2.05, 4.69) is 10.2 Å². The standard InChI is InChI=1S/C18H16N2O5/c1-11(24-18(22)14-5-3-4-6-15(14)21)16-19-20-17(25-16)12-7-9-13(23-2)10-8-12/h3-11,21H,1-2H3/t11-/m0/s1. The molecule has 3 rings (SSSR count). The molecule has 0 unspecified atom stereocenters. The number of carbonyl (C=O) groups is 1. The van der Waals surface area contributed by atoms with E-state index in [9.17, 15) is 9.90 Å². The molecule has 0 amide bonds. The van der Waals surface area contributed by atoms with Gasteiger partial charge in [-0.3, -0.25) is 0 Å². The Morgan fingerprint density at radius 2 is 1.84 bits per heavy atom. The summed E-state index contributed by atoms with van der Waals surface area (Å²) in [6, 6.07) is 13.3. The molecule has 0 radical (unpaired) electrons. The lowest BCUT2D eigenvalue weighted by Gasteiger charge is -2.10. The second kappa shape index (κ2) is 7.04. The Balaban J connectivity index is 1.73. The molecule has 0 aliphatic carbocycles. The predicted octanol–water partition coefficient (Wildman–Crippen LogP) is 3.37. The zero-order valence-electron chi connectivity index (χ0n) is 13.7. The van der Waals surface area contributed by atoms with Crippen molar-refractivity contribution in [3.63, 3.8) is 0 Å². The summed E-state index contributed by atoms with van der Waals surface area (Å²) in [6.07, 6.45) is -0.758. The van der Waals surface area contributed by atoms with Crippen molar-refractivity contribution in [3.05, 3.63) is 60.0 Å². The van der Waals surface area contributed by atoms with E-state index in [4.69, 9.17) is 13.9 Å². The lowest BCUT2D eigenvalue weighted by Crippen LogP contribution is -2.09. The summed E-state index contributed by atoms with van der Waals surface area (Å²) >= 11 is 0. The minimum Gasteiger partial charge on any atom is -0.507 e. The lowest BCUT2D eigenvalue weighted by atomic mass is 10.2. The largest absolute Gasteiger partial charge is 0.507 e. The number of ether oxygens (including phenoxy) is 2. The number of benzene rings is 2. The SMILES string of the molecule is COc1ccc(-c2nnc([C@H](C)OC(=O)c3ccccc3O)o2)cc1. The number of aromatic nitrogens is 2. The van der Waals surface area contributed by atoms with Crippen LogP contribution in [0.2, 0.25) is 0 Å². The average Bonchev–Trinajstić information content (AvgIpc) is 3.12. The van der Waals surface area contributed by atoms with Crippen LogP contribution in [0.1, 0.15) is 29.3 Å². The first-order valence-corrected chi connectivity index (χ1v) is 7.55. The van der Waals surface area contributed by atoms with Gasteiger partial charge in [-0.2, -0.15) is 0 Å². The van der Waals surface area contributed by atoms with Crippen molar-refractivity contribution < 1.29 is 23.8 Å². The average molecular weight is 340 g/mol. The van der Waals surface area contributed by atoms with E-state index >= 15 is 0 Å². The van der Waals surface area contributed by atoms with Crippen LogP contribution < -0.4 is 4.74 Å². The Kier molecular flexibility index (Phi) is 4.65. The summed E-state index contributed by atoms with van der Waals surface area (Å²) in [6.45, 7) is 1.61. The number of hydrogen-bond donors (Lipinski definition) is 1. The highest BCUT2D eigenvalue weighted by atomic mass is 16.6. The van der Waals surface area contributed by atoms with Gasteiger partial charge < -0.3 is 19.0 Å². The van der Waals surface area contributed by atoms with Gasteiger partial charge in [0.25, 0.3) is 5.89 Å². The van der Waals surface area contributed by atoms with Crippen LogP contribution in [0.25, 0.3) is 11.5 Å². The fraction of sp³-hybridized carbons (Fsp3) is 0.167. The van der Waals surface area contributed by atoms with Crippen molar-refractivity contribution in [1.29, 1.82) is 0 Å². The molecule has 0 saturated heterocycles. The van der Waals surface area contributed by atoms with Gasteiger partial charge in [0.05, 0.1) is 7.11 Å². The summed E-state index contributed by atoms with van der Waals surface area (Å²) in [5.41, 5.74) is 0.794. The van der Waals surface area contributed by atoms with Gasteiger partial charge in [-0.15, -0.1) is 10.2 Å². The Hall–Kier alpha value is -3.35. The van der Waals surface area contributed by atoms with Gasteiger partial charge in [-0.05, 0) is 43.3 Å². The monoisotopic (exact) mass is 340 g/mol. The maximum atomic E-state index is 12.1. The van der Waals surface area contributed by atoms with Crippen LogP contribution >= 0.6 is 0 Å². The molecule has 0 saturated carbocycles. The van der Waals surface area contributed by atoms with Crippen LogP contribution in [0.15, 0.2) is 52.9 Å². The van der Waals surface area contributed by atoms with Gasteiger partial charge >= 0.3 is 5.97 Å². The van der Waals surface area contributed by atoms with Crippen LogP contribution in [0.4, 0.5) is 0 Å². The molecule has 7 heteroatoms. The van der Waals surface area contributed by atoms with E-state index in [1.54, 1.807) is 50.4 Å². The van der Waals surface area contributed by atoms with E-state index in [0.717, 1.165) is 5.56 Å². The number of phenolic OH excluding ortho intramolecular Hbond substituents is 1. The van der Waals surface area contributed by atoms with Gasteiger partial charge in [0, 0.05) is 5.56 Å². The van der Waals surface area contributed by atoms with Crippen molar-refractivity contribution in [2.24, 2.45) is 0 Å². The number of methoxy groups -OCH3 is 1. The smallest absolute Gasteiger partial charge is 0.342 e. The molecule has 1 aromatic heterocycles. The van der Waals surface area contributed by atoms with Crippen LogP contribution in [0.5, 0.6) is 11.5 Å². The molecule has 1 N–H and O–H groups in total. The van der Waals surface area contributed by atoms with E-state index in [0.29, 0.717) is 11.6 Å². The summed E-state index contributed by atoms with van der Waals surface area (Å²) < 4.78 is 15.9. The molecule has 3 aromatic rings. The van der Waals surface area contributed by atoms with Gasteiger partial charge in [-0.1, -0.05) is 12.1 Å². The highest BCUT2D eigenvalue weighted by Gasteiger charge is 2.21. The van der Waals surface area contributed by atoms with Gasteiger partial charge in [0.1, 0.15) is 17.1 Å². The first-order chi connectivity index (χ1) is 12.1. The zero-order valence-corrected chi connectivity index (χ0v) is 13.7. The number of esters is 1. The predicted molar refractivity (Wildman–Crippen MR) is 88.2 cm³/mol. The third-order valence-corrected chi connectivity index (χ3v) is 3.53. The maximum absolute atomic E-state index is 12.1. The van der Waals surface area contributed by atoms with Crippen LogP contribution in [0, 0.1) is 0 Å². The minimum atomic E-state index is -0.758. The third-order valence-electron chi connectivity index (χ3n) is 3.53. The molecule has 7 nitrogen and oxygen atoms in total. The molecule has 2 aromatic carbocycles. The molecule has 0 fully saturated rings. The second-order valence-corrected chi connectivity index (χ2v) is 5.24. The van der Waals surface area contributed by atoms with E-state index in [1.807, 2.05) is 0 Å². The van der Waals surface area contributed by atoms with Gasteiger partial charge in [0.2, 0.25) is 5.89 Å². The van der Waals surface area contributed by atoms with E-state index in [1.165, 1.54) is 12.1 Å². The Bertz CT molecular complexity index is 873. The first kappa shape index (κ1) is 16.5. The number of carbonyl (C=O) groups excluding carboxylic acids is 1. The highest BCUT2D eigenvalue weighted by molar-refractivity contribution is 5.92. The number of rotatable bonds is 5. The minimum absolute atomic E-state index is 0.0734. The normalized spacial score (nSPS) is 11.8. The van der Waals surface area contributed by atoms with E-state index < -0.39 is 12.1 Å². The quantitative estimate of drug-likeness (QED) is 0.711. The van der Waals surface area contributed by atoms with Crippen molar-refractivity contribution in [2.45, 2.75) is 13.0 Å². The van der Waals surface area contributed by atoms with Crippen molar-refractivity contribution in [1.82, 2.24) is 10.2 Å². The fourth-order valence-corrected chi connectivity index (χ4v) is 2.17. The van der Waals surface area contributed by atoms with Crippen LogP contribution in [-0.2, 0) is 4.74 Å². The molecule has 128 valence electrons. The summed E-state index contributed by atoms with van der Waals surface area (Å²) in [5, 5.41) is 17.6. The summed E-state index contributed by atoms with van der Waals surface area (Å²) in [4.78, 5) is 12.1. The third kappa shape index (κ3) is 3.60. The topological polar surface area (TPSA) is 94.7 Å². The van der Waals surface area contributed by atoms with Crippen molar-refractivity contribution in [3.8, 4) is 23.0 Å². The molecule has 1 heterocycles. The number of hydrogen-bond acceptors (Lipinski definition) is 7. The highest BCUT2D eigenvalue weighted by Crippen LogP contribution is 2.25. The second-order valence-electron chi connectivity index (χ2n) is 5.24. The number of para-hydroxylation sites is 1. The Morgan fingerprint density at radius 3 is 2.52 bits per heavy atom. The molecule has 0 spiro atoms. The van der Waals surface area contributed by atoms with Crippen molar-refractivity contribution in [2.75, 3.05) is 7.11 Å². The van der Waals surface area contributed by atoms with Crippen LogP contribution in [0.3, 0.4) is 0 Å². The number of nitrogens with zero attached hydrogens (tertiary/aromatic N) is 2. The summed E-state index contributed by atoms with van der Waals surface area (Å²) in [7, 11) is 1.58. The van der Waals surface area contributed by atoms with Gasteiger partial charge in [-0.25, -0.2) is 4.79 Å². The molecule has 0 aliphatic heterocycles. The Labute approximate surface area is 143 Å². The maximum Gasteiger partial charge on any atom is 0.342 e. The molecular weight excluding hydrogens is 324 g/mol. The molecular formula is C18H16N2O5. The lowest BCUT2D eigenvalue weighted by molar-refractivity contribution is 0.0277. The molecule has 0 bridgehead atoms. The summed E-state index contributed by atoms with van der Waals surface area (Å²) in [5.74, 6) is 0.366. The Morgan fingerprint density at radius 1 is 1.12 bits per heavy atom. The number of phenols is 1. The van der Waals surface area contributed by atoms with E-state index in [-0.39, 0.29) is 17.2 Å². The molecule has 25 heavy (non-hydrogen) atoms. The molecule has 0 aliphatic rings. The van der Waals surface area contributed by atoms with Crippen molar-refractivity contribution >= 4 is 5.97 Å². The molecule has 1 atom stereocenters.